The molecular weight excluding hydrogens is 697 g/mol. The number of hydrogen-bond donors (Lipinski definition) is 0. The van der Waals surface area contributed by atoms with Crippen LogP contribution >= 0.6 is 67.8 Å². The third-order valence-corrected chi connectivity index (χ3v) is 6.83. The molecule has 0 N–H and O–H groups in total. The summed E-state index contributed by atoms with van der Waals surface area (Å²) in [6.07, 6.45) is 0. The van der Waals surface area contributed by atoms with Crippen LogP contribution in [0.2, 0.25) is 0 Å². The lowest BCUT2D eigenvalue weighted by Gasteiger charge is -2.19. The van der Waals surface area contributed by atoms with E-state index in [9.17, 15) is 17.8 Å². The molecule has 9 heteroatoms. The Hall–Kier alpha value is 0.0100. The normalized spacial score (nSPS) is 11.7. The smallest absolute Gasteiger partial charge is 0.345 e. The first kappa shape index (κ1) is 22.3. The predicted molar refractivity (Wildman–Crippen MR) is 123 cm³/mol. The van der Waals surface area contributed by atoms with Crippen molar-refractivity contribution in [1.82, 2.24) is 0 Å². The minimum Gasteiger partial charge on any atom is -0.744 e. The zero-order valence-corrected chi connectivity index (χ0v) is 21.3. The van der Waals surface area contributed by atoms with Crippen LogP contribution in [-0.4, -0.2) is 18.9 Å². The van der Waals surface area contributed by atoms with Crippen LogP contribution in [0.3, 0.4) is 0 Å². The molecule has 0 unspecified atom stereocenters. The van der Waals surface area contributed by atoms with E-state index in [1.54, 1.807) is 20.8 Å². The van der Waals surface area contributed by atoms with Crippen molar-refractivity contribution in [3.8, 4) is 5.75 Å². The molecule has 0 heterocycles. The lowest BCUT2D eigenvalue weighted by Crippen LogP contribution is -2.14. The molecule has 0 aliphatic heterocycles. The van der Waals surface area contributed by atoms with Gasteiger partial charge in [-0.2, -0.15) is 0 Å². The van der Waals surface area contributed by atoms with Gasteiger partial charge in [0.05, 0.1) is 10.5 Å². The summed E-state index contributed by atoms with van der Waals surface area (Å²) in [5, 5.41) is 0. The quantitative estimate of drug-likeness (QED) is 0.192. The molecular formula is C17H14I3O5S-. The fraction of sp³-hybridized carbons (Fsp3) is 0.235. The van der Waals surface area contributed by atoms with Crippen LogP contribution in [0.4, 0.5) is 0 Å². The van der Waals surface area contributed by atoms with Gasteiger partial charge in [-0.05, 0) is 116 Å². The topological polar surface area (TPSA) is 83.5 Å². The van der Waals surface area contributed by atoms with Crippen molar-refractivity contribution in [3.63, 3.8) is 0 Å². The molecule has 0 bridgehead atoms. The van der Waals surface area contributed by atoms with Crippen LogP contribution in [0.5, 0.6) is 5.75 Å². The summed E-state index contributed by atoms with van der Waals surface area (Å²) in [5.74, 6) is -0.493. The minimum absolute atomic E-state index is 0.217. The molecule has 0 fully saturated rings. The maximum atomic E-state index is 12.7. The zero-order valence-electron chi connectivity index (χ0n) is 14.0. The number of aryl methyl sites for hydroxylation is 1. The molecule has 2 rings (SSSR count). The average molecular weight is 711 g/mol. The van der Waals surface area contributed by atoms with Crippen molar-refractivity contribution >= 4 is 83.9 Å². The van der Waals surface area contributed by atoms with E-state index in [4.69, 9.17) is 4.74 Å². The highest BCUT2D eigenvalue weighted by Crippen LogP contribution is 2.32. The molecule has 0 spiro atoms. The Balaban J connectivity index is 2.51. The van der Waals surface area contributed by atoms with Crippen LogP contribution < -0.4 is 4.74 Å². The van der Waals surface area contributed by atoms with E-state index in [1.807, 2.05) is 12.1 Å². The largest absolute Gasteiger partial charge is 0.744 e. The first-order chi connectivity index (χ1) is 11.9. The Morgan fingerprint density at radius 3 is 2.08 bits per heavy atom. The second kappa shape index (κ2) is 8.57. The summed E-state index contributed by atoms with van der Waals surface area (Å²) in [6, 6.07) is 6.48. The molecule has 0 saturated heterocycles. The van der Waals surface area contributed by atoms with Gasteiger partial charge in [0.2, 0.25) is 0 Å². The van der Waals surface area contributed by atoms with Gasteiger partial charge in [0.15, 0.2) is 0 Å². The highest BCUT2D eigenvalue weighted by Gasteiger charge is 2.21. The third kappa shape index (κ3) is 5.08. The number of esters is 1. The predicted octanol–water partition coefficient (Wildman–Crippen LogP) is 5.06. The second-order valence-corrected chi connectivity index (χ2v) is 10.8. The fourth-order valence-electron chi connectivity index (χ4n) is 2.34. The van der Waals surface area contributed by atoms with E-state index >= 15 is 0 Å². The van der Waals surface area contributed by atoms with E-state index in [2.05, 4.69) is 67.8 Å². The number of carbonyl (C=O) groups excluding carboxylic acids is 1. The Labute approximate surface area is 193 Å². The summed E-state index contributed by atoms with van der Waals surface area (Å²) in [6.45, 7) is 5.15. The summed E-state index contributed by atoms with van der Waals surface area (Å²) in [7, 11) is -4.61. The van der Waals surface area contributed by atoms with E-state index in [0.29, 0.717) is 16.7 Å². The Bertz CT molecular complexity index is 961. The van der Waals surface area contributed by atoms with Crippen molar-refractivity contribution < 1.29 is 22.5 Å². The van der Waals surface area contributed by atoms with Gasteiger partial charge in [0.25, 0.3) is 0 Å². The van der Waals surface area contributed by atoms with Crippen LogP contribution in [-0.2, 0) is 10.1 Å². The van der Waals surface area contributed by atoms with E-state index < -0.39 is 16.1 Å². The fourth-order valence-corrected chi connectivity index (χ4v) is 7.27. The van der Waals surface area contributed by atoms with Gasteiger partial charge in [0, 0.05) is 10.7 Å². The van der Waals surface area contributed by atoms with Crippen molar-refractivity contribution in [2.75, 3.05) is 0 Å². The lowest BCUT2D eigenvalue weighted by atomic mass is 10.0. The number of halogens is 3. The summed E-state index contributed by atoms with van der Waals surface area (Å²) < 4.78 is 42.7. The van der Waals surface area contributed by atoms with Gasteiger partial charge in [-0.1, -0.05) is 13.8 Å². The number of carbonyl (C=O) groups is 1. The lowest BCUT2D eigenvalue weighted by molar-refractivity contribution is 0.0731. The van der Waals surface area contributed by atoms with E-state index in [1.165, 1.54) is 12.1 Å². The molecule has 0 aliphatic carbocycles. The summed E-state index contributed by atoms with van der Waals surface area (Å²) in [4.78, 5) is 12.4. The van der Waals surface area contributed by atoms with Crippen molar-refractivity contribution in [2.24, 2.45) is 0 Å². The molecule has 2 aromatic rings. The van der Waals surface area contributed by atoms with Gasteiger partial charge in [-0.3, -0.25) is 0 Å². The monoisotopic (exact) mass is 711 g/mol. The summed E-state index contributed by atoms with van der Waals surface area (Å²) in [5.41, 5.74) is 1.20. The second-order valence-electron chi connectivity index (χ2n) is 5.90. The van der Waals surface area contributed by atoms with Crippen molar-refractivity contribution in [1.29, 1.82) is 0 Å². The minimum atomic E-state index is -4.61. The maximum absolute atomic E-state index is 12.7. The summed E-state index contributed by atoms with van der Waals surface area (Å²) >= 11 is 6.34. The van der Waals surface area contributed by atoms with E-state index in [-0.39, 0.29) is 16.6 Å². The number of hydrogen-bond acceptors (Lipinski definition) is 5. The average Bonchev–Trinajstić information content (AvgIpc) is 2.46. The first-order valence-corrected chi connectivity index (χ1v) is 12.0. The number of ether oxygens (including phenoxy) is 1. The van der Waals surface area contributed by atoms with Gasteiger partial charge in [-0.25, -0.2) is 13.2 Å². The highest BCUT2D eigenvalue weighted by atomic mass is 127. The molecule has 0 amide bonds. The van der Waals surface area contributed by atoms with Crippen LogP contribution in [0.25, 0.3) is 0 Å². The number of benzene rings is 2. The molecule has 0 saturated carbocycles. The standard InChI is InChI=1S/C17H15I3O5S/c1-8(2)11-7-14(9(3)4-15(11)26(22,23)24)25-17(21)16-12(19)5-10(18)6-13(16)20/h4-8H,1-3H3,(H,22,23,24)/p-1. The molecule has 0 aliphatic rings. The van der Waals surface area contributed by atoms with Crippen LogP contribution in [0, 0.1) is 17.6 Å². The van der Waals surface area contributed by atoms with Crippen molar-refractivity contribution in [2.45, 2.75) is 31.6 Å². The molecule has 5 nitrogen and oxygen atoms in total. The molecule has 140 valence electrons. The molecule has 26 heavy (non-hydrogen) atoms. The van der Waals surface area contributed by atoms with Gasteiger partial charge in [0.1, 0.15) is 15.9 Å². The van der Waals surface area contributed by atoms with Gasteiger partial charge in [-0.15, -0.1) is 0 Å². The highest BCUT2D eigenvalue weighted by molar-refractivity contribution is 14.1. The SMILES string of the molecule is Cc1cc(S(=O)(=O)[O-])c(C(C)C)cc1OC(=O)c1c(I)cc(I)cc1I. The molecule has 0 aromatic heterocycles. The Kier molecular flexibility index (Phi) is 7.35. The third-order valence-electron chi connectivity index (χ3n) is 3.61. The Morgan fingerprint density at radius 2 is 1.62 bits per heavy atom. The Morgan fingerprint density at radius 1 is 1.08 bits per heavy atom. The number of rotatable bonds is 4. The molecule has 0 atom stereocenters. The molecule has 2 aromatic carbocycles. The van der Waals surface area contributed by atoms with Crippen LogP contribution in [0.1, 0.15) is 41.3 Å². The maximum Gasteiger partial charge on any atom is 0.345 e. The van der Waals surface area contributed by atoms with Gasteiger partial charge >= 0.3 is 5.97 Å². The van der Waals surface area contributed by atoms with Crippen molar-refractivity contribution in [3.05, 3.63) is 51.7 Å². The van der Waals surface area contributed by atoms with Crippen LogP contribution in [0.15, 0.2) is 29.2 Å². The van der Waals surface area contributed by atoms with E-state index in [0.717, 1.165) is 10.7 Å². The zero-order chi connectivity index (χ0) is 19.8. The first-order valence-electron chi connectivity index (χ1n) is 7.39. The van der Waals surface area contributed by atoms with Gasteiger partial charge < -0.3 is 9.29 Å². The molecule has 0 radical (unpaired) electrons.